The van der Waals surface area contributed by atoms with Crippen LogP contribution in [-0.2, 0) is 16.1 Å². The van der Waals surface area contributed by atoms with Crippen molar-refractivity contribution in [2.45, 2.75) is 39.3 Å². The van der Waals surface area contributed by atoms with Crippen molar-refractivity contribution in [3.05, 3.63) is 47.7 Å². The molecule has 0 radical (unpaired) electrons. The van der Waals surface area contributed by atoms with E-state index in [0.29, 0.717) is 61.9 Å². The molecular weight excluding hydrogens is 443 g/mol. The third-order valence-electron chi connectivity index (χ3n) is 6.20. The fraction of sp³-hybridized carbons (Fsp3) is 0.458. The molecule has 0 unspecified atom stereocenters. The largest absolute Gasteiger partial charge is 0.458 e. The van der Waals surface area contributed by atoms with Crippen LogP contribution >= 0.6 is 0 Å². The van der Waals surface area contributed by atoms with Gasteiger partial charge in [-0.05, 0) is 50.6 Å². The van der Waals surface area contributed by atoms with Crippen molar-refractivity contribution in [1.82, 2.24) is 4.90 Å². The van der Waals surface area contributed by atoms with Gasteiger partial charge in [0.2, 0.25) is 0 Å². The van der Waals surface area contributed by atoms with E-state index in [4.69, 9.17) is 14.4 Å². The molecule has 2 saturated heterocycles. The Morgan fingerprint density at radius 2 is 1.94 bits per heavy atom. The first kappa shape index (κ1) is 23.7. The van der Waals surface area contributed by atoms with Crippen molar-refractivity contribution in [2.24, 2.45) is 5.16 Å². The van der Waals surface area contributed by atoms with Gasteiger partial charge in [-0.2, -0.15) is 0 Å². The summed E-state index contributed by atoms with van der Waals surface area (Å²) < 4.78 is 26.0. The molecule has 3 heterocycles. The molecule has 0 aliphatic carbocycles. The molecule has 34 heavy (non-hydrogen) atoms. The van der Waals surface area contributed by atoms with Crippen molar-refractivity contribution >= 4 is 29.0 Å². The van der Waals surface area contributed by atoms with Gasteiger partial charge in [0.25, 0.3) is 0 Å². The molecule has 9 nitrogen and oxygen atoms in total. The highest BCUT2D eigenvalue weighted by Gasteiger charge is 2.33. The van der Waals surface area contributed by atoms with Crippen LogP contribution < -0.4 is 9.80 Å². The minimum absolute atomic E-state index is 0.0464. The van der Waals surface area contributed by atoms with Gasteiger partial charge in [0.05, 0.1) is 24.5 Å². The summed E-state index contributed by atoms with van der Waals surface area (Å²) in [6.45, 7) is 6.88. The summed E-state index contributed by atoms with van der Waals surface area (Å²) in [4.78, 5) is 29.0. The molecule has 1 aromatic heterocycles. The van der Waals surface area contributed by atoms with Crippen LogP contribution in [0, 0.1) is 5.82 Å². The molecule has 10 heteroatoms. The molecule has 0 spiro atoms. The third kappa shape index (κ3) is 5.39. The Hall–Kier alpha value is -3.40. The Bertz CT molecular complexity index is 1080. The number of furan rings is 1. The minimum Gasteiger partial charge on any atom is -0.458 e. The lowest BCUT2D eigenvalue weighted by atomic mass is 10.1. The molecule has 2 aliphatic rings. The topological polar surface area (TPSA) is 98.8 Å². The number of nitrogens with zero attached hydrogens (tertiary/aromatic N) is 4. The van der Waals surface area contributed by atoms with Gasteiger partial charge in [-0.3, -0.25) is 9.80 Å². The Morgan fingerprint density at radius 3 is 2.62 bits per heavy atom. The fourth-order valence-corrected chi connectivity index (χ4v) is 4.24. The van der Waals surface area contributed by atoms with Crippen LogP contribution in [0.4, 0.5) is 20.6 Å². The first-order valence-corrected chi connectivity index (χ1v) is 11.4. The van der Waals surface area contributed by atoms with Gasteiger partial charge in [0, 0.05) is 32.6 Å². The number of hydrogen-bond donors (Lipinski definition) is 1. The summed E-state index contributed by atoms with van der Waals surface area (Å²) in [7, 11) is 0. The Balaban J connectivity index is 1.33. The summed E-state index contributed by atoms with van der Waals surface area (Å²) >= 11 is 0. The number of ether oxygens (including phenoxy) is 1. The normalized spacial score (nSPS) is 19.6. The van der Waals surface area contributed by atoms with Gasteiger partial charge >= 0.3 is 6.09 Å². The predicted molar refractivity (Wildman–Crippen MR) is 124 cm³/mol. The summed E-state index contributed by atoms with van der Waals surface area (Å²) in [5.41, 5.74) is 1.37. The Kier molecular flexibility index (Phi) is 7.16. The van der Waals surface area contributed by atoms with Crippen LogP contribution in [0.5, 0.6) is 0 Å². The molecule has 182 valence electrons. The highest BCUT2D eigenvalue weighted by atomic mass is 19.1. The zero-order chi connectivity index (χ0) is 24.2. The van der Waals surface area contributed by atoms with Crippen molar-refractivity contribution in [3.63, 3.8) is 0 Å². The quantitative estimate of drug-likeness (QED) is 0.356. The number of hydrogen-bond acceptors (Lipinski definition) is 8. The third-order valence-corrected chi connectivity index (χ3v) is 6.20. The molecule has 1 aromatic carbocycles. The number of piperazine rings is 1. The maximum absolute atomic E-state index is 15.0. The number of carbonyl (C=O) groups excluding carboxylic acids is 2. The molecule has 4 rings (SSSR count). The maximum Gasteiger partial charge on any atom is 0.414 e. The lowest BCUT2D eigenvalue weighted by Crippen LogP contribution is -2.46. The number of oxime groups is 1. The number of amides is 1. The summed E-state index contributed by atoms with van der Waals surface area (Å²) in [6, 6.07) is 8.44. The van der Waals surface area contributed by atoms with Gasteiger partial charge < -0.3 is 24.1 Å². The predicted octanol–water partition coefficient (Wildman–Crippen LogP) is 3.63. The molecule has 2 aromatic rings. The molecule has 1 amide bonds. The number of Topliss-reactive ketones (excluding diaryl/α,β-unsaturated/α-hetero) is 1. The lowest BCUT2D eigenvalue weighted by molar-refractivity contribution is -0.117. The van der Waals surface area contributed by atoms with E-state index in [2.05, 4.69) is 10.1 Å². The van der Waals surface area contributed by atoms with E-state index in [1.807, 2.05) is 11.0 Å². The molecule has 2 fully saturated rings. The Labute approximate surface area is 197 Å². The van der Waals surface area contributed by atoms with Crippen LogP contribution in [0.15, 0.2) is 39.9 Å². The highest BCUT2D eigenvalue weighted by Crippen LogP contribution is 2.29. The van der Waals surface area contributed by atoms with Gasteiger partial charge in [0.15, 0.2) is 5.76 Å². The highest BCUT2D eigenvalue weighted by molar-refractivity contribution is 5.95. The van der Waals surface area contributed by atoms with E-state index in [0.717, 1.165) is 18.8 Å². The van der Waals surface area contributed by atoms with Crippen LogP contribution in [0.1, 0.15) is 38.2 Å². The van der Waals surface area contributed by atoms with E-state index in [-0.39, 0.29) is 17.7 Å². The minimum atomic E-state index is -0.518. The number of benzene rings is 1. The van der Waals surface area contributed by atoms with Crippen LogP contribution in [0.3, 0.4) is 0 Å². The SMILES string of the molecule is CC(=O)CC[C@H]1CN(c2ccc(N3CCN(Cc4ccc(/C(C)=N\O)o4)CC3)c(F)c2)C(=O)O1. The Morgan fingerprint density at radius 1 is 1.18 bits per heavy atom. The average molecular weight is 473 g/mol. The molecule has 0 saturated carbocycles. The van der Waals surface area contributed by atoms with Crippen molar-refractivity contribution in [2.75, 3.05) is 42.5 Å². The maximum atomic E-state index is 15.0. The van der Waals surface area contributed by atoms with Crippen LogP contribution in [-0.4, -0.2) is 66.5 Å². The summed E-state index contributed by atoms with van der Waals surface area (Å²) in [5.74, 6) is 0.969. The molecular formula is C24H29FN4O5. The number of cyclic esters (lactones) is 1. The molecule has 1 N–H and O–H groups in total. The van der Waals surface area contributed by atoms with Crippen molar-refractivity contribution < 1.29 is 28.3 Å². The van der Waals surface area contributed by atoms with Crippen molar-refractivity contribution in [1.29, 1.82) is 0 Å². The monoisotopic (exact) mass is 472 g/mol. The zero-order valence-electron chi connectivity index (χ0n) is 19.4. The van der Waals surface area contributed by atoms with Gasteiger partial charge in [-0.15, -0.1) is 0 Å². The van der Waals surface area contributed by atoms with E-state index in [9.17, 15) is 14.0 Å². The lowest BCUT2D eigenvalue weighted by Gasteiger charge is -2.36. The van der Waals surface area contributed by atoms with Gasteiger partial charge in [0.1, 0.15) is 29.2 Å². The second-order valence-corrected chi connectivity index (χ2v) is 8.71. The van der Waals surface area contributed by atoms with E-state index in [1.54, 1.807) is 25.1 Å². The summed E-state index contributed by atoms with van der Waals surface area (Å²) in [6.07, 6.45) is -0.0628. The first-order valence-electron chi connectivity index (χ1n) is 11.4. The standard InChI is InChI=1S/C24H29FN4O5/c1-16(30)3-5-20-15-29(24(31)34-20)18-4-7-22(21(25)13-18)28-11-9-27(10-12-28)14-19-6-8-23(33-19)17(2)26-32/h4,6-8,13,20,32H,3,5,9-12,14-15H2,1-2H3/b26-17-/t20-/m0/s1. The summed E-state index contributed by atoms with van der Waals surface area (Å²) in [5, 5.41) is 12.0. The number of ketones is 1. The zero-order valence-corrected chi connectivity index (χ0v) is 19.4. The van der Waals surface area contributed by atoms with E-state index < -0.39 is 6.09 Å². The second-order valence-electron chi connectivity index (χ2n) is 8.71. The first-order chi connectivity index (χ1) is 16.3. The second kappa shape index (κ2) is 10.3. The molecule has 1 atom stereocenters. The fourth-order valence-electron chi connectivity index (χ4n) is 4.24. The van der Waals surface area contributed by atoms with Crippen LogP contribution in [0.25, 0.3) is 0 Å². The van der Waals surface area contributed by atoms with E-state index in [1.165, 1.54) is 17.9 Å². The van der Waals surface area contributed by atoms with Crippen LogP contribution in [0.2, 0.25) is 0 Å². The smallest absolute Gasteiger partial charge is 0.414 e. The van der Waals surface area contributed by atoms with Crippen molar-refractivity contribution in [3.8, 4) is 0 Å². The van der Waals surface area contributed by atoms with Gasteiger partial charge in [-0.1, -0.05) is 5.16 Å². The number of halogens is 1. The number of anilines is 2. The van der Waals surface area contributed by atoms with E-state index >= 15 is 0 Å². The average Bonchev–Trinajstić information content (AvgIpc) is 3.44. The number of carbonyl (C=O) groups is 2. The molecule has 2 aliphatic heterocycles. The van der Waals surface area contributed by atoms with Gasteiger partial charge in [-0.25, -0.2) is 9.18 Å². The number of rotatable bonds is 8. The molecule has 0 bridgehead atoms.